The number of carboxylic acid groups (broad SMARTS) is 1. The fraction of sp³-hybridized carbons (Fsp3) is 0.286. The molecule has 19 heavy (non-hydrogen) atoms. The lowest BCUT2D eigenvalue weighted by atomic mass is 10.1. The summed E-state index contributed by atoms with van der Waals surface area (Å²) in [5.41, 5.74) is 1.33. The van der Waals surface area contributed by atoms with Crippen LogP contribution in [0.3, 0.4) is 0 Å². The molecule has 100 valence electrons. The first kappa shape index (κ1) is 14.7. The third-order valence-electron chi connectivity index (χ3n) is 2.45. The summed E-state index contributed by atoms with van der Waals surface area (Å²) in [5.74, 6) is 1.09. The Bertz CT molecular complexity index is 487. The first-order valence-corrected chi connectivity index (χ1v) is 5.61. The van der Waals surface area contributed by atoms with Crippen LogP contribution < -0.4 is 0 Å². The number of methoxy groups -OCH3 is 1. The Hall–Kier alpha value is -2.32. The van der Waals surface area contributed by atoms with Crippen molar-refractivity contribution in [1.29, 1.82) is 0 Å². The van der Waals surface area contributed by atoms with Gasteiger partial charge in [0.2, 0.25) is 0 Å². The Morgan fingerprint density at radius 1 is 1.37 bits per heavy atom. The third-order valence-corrected chi connectivity index (χ3v) is 2.45. The Morgan fingerprint density at radius 3 is 2.47 bits per heavy atom. The molecule has 0 atom stereocenters. The van der Waals surface area contributed by atoms with Crippen LogP contribution in [-0.4, -0.2) is 42.1 Å². The van der Waals surface area contributed by atoms with Gasteiger partial charge < -0.3 is 9.84 Å². The van der Waals surface area contributed by atoms with Crippen LogP contribution in [0.5, 0.6) is 0 Å². The largest absolute Gasteiger partial charge is 0.480 e. The minimum atomic E-state index is -0.929. The molecule has 0 saturated carbocycles. The Balaban J connectivity index is 2.72. The lowest BCUT2D eigenvalue weighted by Crippen LogP contribution is -2.29. The van der Waals surface area contributed by atoms with Gasteiger partial charge in [0.1, 0.15) is 0 Å². The first-order chi connectivity index (χ1) is 9.06. The van der Waals surface area contributed by atoms with Gasteiger partial charge in [-0.1, -0.05) is 18.1 Å². The van der Waals surface area contributed by atoms with Gasteiger partial charge in [-0.25, -0.2) is 4.79 Å². The van der Waals surface area contributed by atoms with Gasteiger partial charge in [-0.05, 0) is 17.7 Å². The lowest BCUT2D eigenvalue weighted by Gasteiger charge is -2.17. The van der Waals surface area contributed by atoms with Gasteiger partial charge in [-0.15, -0.1) is 6.42 Å². The average Bonchev–Trinajstić information content (AvgIpc) is 2.38. The summed E-state index contributed by atoms with van der Waals surface area (Å²) in [7, 11) is 1.32. The minimum absolute atomic E-state index is 0.122. The average molecular weight is 261 g/mol. The zero-order valence-corrected chi connectivity index (χ0v) is 10.6. The number of aliphatic carboxylic acids is 1. The number of carbonyl (C=O) groups excluding carboxylic acids is 1. The molecule has 0 aliphatic carbocycles. The van der Waals surface area contributed by atoms with Gasteiger partial charge in [0, 0.05) is 6.54 Å². The molecule has 1 aromatic carbocycles. The van der Waals surface area contributed by atoms with E-state index in [2.05, 4.69) is 10.7 Å². The molecule has 1 aromatic rings. The van der Waals surface area contributed by atoms with E-state index in [0.29, 0.717) is 12.1 Å². The molecule has 5 heteroatoms. The fourth-order valence-corrected chi connectivity index (χ4v) is 1.61. The summed E-state index contributed by atoms with van der Waals surface area (Å²) in [6.07, 6.45) is 5.19. The van der Waals surface area contributed by atoms with Crippen LogP contribution in [0, 0.1) is 12.3 Å². The maximum absolute atomic E-state index is 11.3. The second-order valence-corrected chi connectivity index (χ2v) is 3.93. The van der Waals surface area contributed by atoms with Crippen molar-refractivity contribution in [2.24, 2.45) is 0 Å². The summed E-state index contributed by atoms with van der Waals surface area (Å²) in [6, 6.07) is 6.77. The van der Waals surface area contributed by atoms with E-state index in [1.807, 2.05) is 0 Å². The second kappa shape index (κ2) is 7.19. The van der Waals surface area contributed by atoms with Crippen LogP contribution in [0.15, 0.2) is 24.3 Å². The first-order valence-electron chi connectivity index (χ1n) is 5.61. The van der Waals surface area contributed by atoms with E-state index in [1.54, 1.807) is 29.2 Å². The van der Waals surface area contributed by atoms with E-state index in [-0.39, 0.29) is 13.1 Å². The summed E-state index contributed by atoms with van der Waals surface area (Å²) < 4.78 is 4.59. The van der Waals surface area contributed by atoms with Crippen LogP contribution in [-0.2, 0) is 16.1 Å². The molecule has 0 amide bonds. The molecule has 5 nitrogen and oxygen atoms in total. The highest BCUT2D eigenvalue weighted by Crippen LogP contribution is 2.08. The SMILES string of the molecule is C#CCN(CC(=O)O)Cc1ccc(C(=O)OC)cc1. The van der Waals surface area contributed by atoms with Crippen molar-refractivity contribution in [3.05, 3.63) is 35.4 Å². The number of carboxylic acids is 1. The Kier molecular flexibility index (Phi) is 5.58. The standard InChI is InChI=1S/C14H15NO4/c1-3-8-15(10-13(16)17)9-11-4-6-12(7-5-11)14(18)19-2/h1,4-7H,8-10H2,2H3,(H,16,17). The highest BCUT2D eigenvalue weighted by molar-refractivity contribution is 5.89. The fourth-order valence-electron chi connectivity index (χ4n) is 1.61. The molecule has 0 aliphatic rings. The van der Waals surface area contributed by atoms with Crippen LogP contribution in [0.4, 0.5) is 0 Å². The zero-order valence-electron chi connectivity index (χ0n) is 10.6. The van der Waals surface area contributed by atoms with E-state index in [4.69, 9.17) is 11.5 Å². The van der Waals surface area contributed by atoms with Crippen LogP contribution in [0.25, 0.3) is 0 Å². The normalized spacial score (nSPS) is 9.95. The molecule has 0 unspecified atom stereocenters. The van der Waals surface area contributed by atoms with Crippen molar-refractivity contribution in [3.63, 3.8) is 0 Å². The molecule has 0 spiro atoms. The summed E-state index contributed by atoms with van der Waals surface area (Å²) in [4.78, 5) is 23.6. The Morgan fingerprint density at radius 2 is 2.00 bits per heavy atom. The molecular weight excluding hydrogens is 246 g/mol. The zero-order chi connectivity index (χ0) is 14.3. The van der Waals surface area contributed by atoms with Crippen LogP contribution >= 0.6 is 0 Å². The number of esters is 1. The van der Waals surface area contributed by atoms with Gasteiger partial charge in [-0.3, -0.25) is 9.69 Å². The van der Waals surface area contributed by atoms with Gasteiger partial charge in [-0.2, -0.15) is 0 Å². The summed E-state index contributed by atoms with van der Waals surface area (Å²) in [6.45, 7) is 0.548. The summed E-state index contributed by atoms with van der Waals surface area (Å²) >= 11 is 0. The number of rotatable bonds is 6. The lowest BCUT2D eigenvalue weighted by molar-refractivity contribution is -0.138. The number of ether oxygens (including phenoxy) is 1. The molecule has 0 radical (unpaired) electrons. The maximum atomic E-state index is 11.3. The van der Waals surface area contributed by atoms with E-state index >= 15 is 0 Å². The topological polar surface area (TPSA) is 66.8 Å². The van der Waals surface area contributed by atoms with Gasteiger partial charge >= 0.3 is 11.9 Å². The van der Waals surface area contributed by atoms with Crippen molar-refractivity contribution in [3.8, 4) is 12.3 Å². The second-order valence-electron chi connectivity index (χ2n) is 3.93. The molecule has 1 N–H and O–H groups in total. The number of hydrogen-bond acceptors (Lipinski definition) is 4. The molecular formula is C14H15NO4. The minimum Gasteiger partial charge on any atom is -0.480 e. The van der Waals surface area contributed by atoms with E-state index < -0.39 is 11.9 Å². The van der Waals surface area contributed by atoms with Crippen molar-refractivity contribution >= 4 is 11.9 Å². The highest BCUT2D eigenvalue weighted by Gasteiger charge is 2.10. The predicted molar refractivity (Wildman–Crippen MR) is 69.5 cm³/mol. The quantitative estimate of drug-likeness (QED) is 0.611. The third kappa shape index (κ3) is 4.82. The monoisotopic (exact) mass is 261 g/mol. The predicted octanol–water partition coefficient (Wildman–Crippen LogP) is 0.993. The van der Waals surface area contributed by atoms with Gasteiger partial charge in [0.05, 0.1) is 25.8 Å². The number of terminal acetylenes is 1. The molecule has 1 rings (SSSR count). The molecule has 0 aromatic heterocycles. The summed E-state index contributed by atoms with van der Waals surface area (Å²) in [5, 5.41) is 8.77. The van der Waals surface area contributed by atoms with Gasteiger partial charge in [0.15, 0.2) is 0 Å². The van der Waals surface area contributed by atoms with Crippen LogP contribution in [0.2, 0.25) is 0 Å². The number of benzene rings is 1. The molecule has 0 heterocycles. The van der Waals surface area contributed by atoms with Crippen molar-refractivity contribution in [1.82, 2.24) is 4.90 Å². The maximum Gasteiger partial charge on any atom is 0.337 e. The van der Waals surface area contributed by atoms with Gasteiger partial charge in [0.25, 0.3) is 0 Å². The van der Waals surface area contributed by atoms with E-state index in [0.717, 1.165) is 5.56 Å². The number of nitrogens with zero attached hydrogens (tertiary/aromatic N) is 1. The van der Waals surface area contributed by atoms with E-state index in [9.17, 15) is 9.59 Å². The number of carbonyl (C=O) groups is 2. The van der Waals surface area contributed by atoms with Crippen LogP contribution in [0.1, 0.15) is 15.9 Å². The Labute approximate surface area is 111 Å². The van der Waals surface area contributed by atoms with E-state index in [1.165, 1.54) is 7.11 Å². The molecule has 0 aliphatic heterocycles. The molecule has 0 fully saturated rings. The molecule has 0 saturated heterocycles. The molecule has 0 bridgehead atoms. The van der Waals surface area contributed by atoms with Crippen molar-refractivity contribution in [2.75, 3.05) is 20.2 Å². The van der Waals surface area contributed by atoms with Crippen molar-refractivity contribution in [2.45, 2.75) is 6.54 Å². The van der Waals surface area contributed by atoms with Crippen molar-refractivity contribution < 1.29 is 19.4 Å². The smallest absolute Gasteiger partial charge is 0.337 e. The highest BCUT2D eigenvalue weighted by atomic mass is 16.5. The number of hydrogen-bond donors (Lipinski definition) is 1.